The average molecular weight is 472 g/mol. The van der Waals surface area contributed by atoms with Crippen LogP contribution in [0.25, 0.3) is 5.52 Å². The summed E-state index contributed by atoms with van der Waals surface area (Å²) in [5.74, 6) is -1.73. The predicted molar refractivity (Wildman–Crippen MR) is 125 cm³/mol. The van der Waals surface area contributed by atoms with Gasteiger partial charge in [-0.05, 0) is 43.3 Å². The van der Waals surface area contributed by atoms with E-state index in [9.17, 15) is 24.5 Å². The third-order valence-electron chi connectivity index (χ3n) is 5.26. The Hall–Kier alpha value is -4.86. The molecule has 10 nitrogen and oxygen atoms in total. The summed E-state index contributed by atoms with van der Waals surface area (Å²) in [7, 11) is 0. The van der Waals surface area contributed by atoms with Gasteiger partial charge in [-0.25, -0.2) is 4.79 Å². The summed E-state index contributed by atoms with van der Waals surface area (Å²) in [6.45, 7) is 1.96. The van der Waals surface area contributed by atoms with Crippen LogP contribution < -0.4 is 5.32 Å². The van der Waals surface area contributed by atoms with Crippen LogP contribution in [0.1, 0.15) is 49.4 Å². The van der Waals surface area contributed by atoms with Crippen LogP contribution in [0.2, 0.25) is 0 Å². The van der Waals surface area contributed by atoms with Gasteiger partial charge in [0.25, 0.3) is 11.6 Å². The summed E-state index contributed by atoms with van der Waals surface area (Å²) in [5.41, 5.74) is 0.804. The highest BCUT2D eigenvalue weighted by atomic mass is 16.6. The van der Waals surface area contributed by atoms with Crippen molar-refractivity contribution >= 4 is 28.9 Å². The maximum atomic E-state index is 13.3. The van der Waals surface area contributed by atoms with E-state index < -0.39 is 22.6 Å². The monoisotopic (exact) mass is 472 g/mol. The van der Waals surface area contributed by atoms with E-state index in [0.29, 0.717) is 5.69 Å². The molecule has 1 N–H and O–H groups in total. The number of hydrogen-bond acceptors (Lipinski definition) is 7. The van der Waals surface area contributed by atoms with E-state index in [2.05, 4.69) is 10.3 Å². The normalized spacial score (nSPS) is 10.7. The van der Waals surface area contributed by atoms with Crippen LogP contribution in [-0.4, -0.2) is 38.6 Å². The maximum Gasteiger partial charge on any atom is 0.340 e. The van der Waals surface area contributed by atoms with Gasteiger partial charge in [0.15, 0.2) is 0 Å². The Bertz CT molecular complexity index is 1450. The number of esters is 1. The molecule has 0 saturated heterocycles. The fourth-order valence-corrected chi connectivity index (χ4v) is 3.62. The van der Waals surface area contributed by atoms with Gasteiger partial charge in [0, 0.05) is 24.0 Å². The van der Waals surface area contributed by atoms with Gasteiger partial charge in [0.1, 0.15) is 5.56 Å². The van der Waals surface area contributed by atoms with E-state index in [4.69, 9.17) is 4.74 Å². The minimum absolute atomic E-state index is 0.0257. The largest absolute Gasteiger partial charge is 0.462 e. The summed E-state index contributed by atoms with van der Waals surface area (Å²) in [5, 5.41) is 14.2. The van der Waals surface area contributed by atoms with Crippen molar-refractivity contribution in [2.75, 3.05) is 6.61 Å². The Morgan fingerprint density at radius 3 is 2.54 bits per heavy atom. The first-order chi connectivity index (χ1) is 16.9. The lowest BCUT2D eigenvalue weighted by molar-refractivity contribution is -0.385. The summed E-state index contributed by atoms with van der Waals surface area (Å²) in [6, 6.07) is 15.2. The summed E-state index contributed by atoms with van der Waals surface area (Å²) in [6.07, 6.45) is 3.09. The van der Waals surface area contributed by atoms with Crippen molar-refractivity contribution in [3.63, 3.8) is 0 Å². The lowest BCUT2D eigenvalue weighted by Gasteiger charge is -2.08. The Morgan fingerprint density at radius 2 is 1.83 bits per heavy atom. The molecule has 0 aliphatic heterocycles. The number of ether oxygens (including phenoxy) is 1. The SMILES string of the molecule is CCOC(=O)c1cc(C(=O)c2ccccc2[N+](=O)[O-])n2ccc(C(=O)NCc3ccccn3)cc12. The molecular formula is C25H20N4O6. The van der Waals surface area contributed by atoms with Crippen LogP contribution in [-0.2, 0) is 11.3 Å². The molecule has 0 aliphatic carbocycles. The number of amides is 1. The van der Waals surface area contributed by atoms with Gasteiger partial charge in [-0.15, -0.1) is 0 Å². The molecule has 35 heavy (non-hydrogen) atoms. The van der Waals surface area contributed by atoms with E-state index in [1.165, 1.54) is 53.1 Å². The fourth-order valence-electron chi connectivity index (χ4n) is 3.62. The number of fused-ring (bicyclic) bond motifs is 1. The highest BCUT2D eigenvalue weighted by molar-refractivity contribution is 6.13. The van der Waals surface area contributed by atoms with E-state index in [-0.39, 0.29) is 46.7 Å². The molecule has 3 aromatic heterocycles. The quantitative estimate of drug-likeness (QED) is 0.179. The molecule has 0 saturated carbocycles. The van der Waals surface area contributed by atoms with Crippen molar-refractivity contribution in [3.05, 3.63) is 111 Å². The van der Waals surface area contributed by atoms with Crippen molar-refractivity contribution in [3.8, 4) is 0 Å². The van der Waals surface area contributed by atoms with Crippen molar-refractivity contribution < 1.29 is 24.0 Å². The van der Waals surface area contributed by atoms with Crippen LogP contribution in [0.4, 0.5) is 5.69 Å². The molecule has 3 heterocycles. The molecule has 10 heteroatoms. The van der Waals surface area contributed by atoms with Gasteiger partial charge in [0.05, 0.1) is 40.5 Å². The third-order valence-corrected chi connectivity index (χ3v) is 5.26. The number of benzene rings is 1. The van der Waals surface area contributed by atoms with Gasteiger partial charge in [-0.1, -0.05) is 18.2 Å². The van der Waals surface area contributed by atoms with Crippen molar-refractivity contribution in [2.45, 2.75) is 13.5 Å². The molecule has 0 unspecified atom stereocenters. The smallest absolute Gasteiger partial charge is 0.340 e. The maximum absolute atomic E-state index is 13.3. The molecule has 1 aromatic carbocycles. The Labute approximate surface area is 199 Å². The summed E-state index contributed by atoms with van der Waals surface area (Å²) >= 11 is 0. The van der Waals surface area contributed by atoms with Crippen LogP contribution in [0.15, 0.2) is 73.1 Å². The standard InChI is InChI=1S/C25H20N4O6/c1-2-35-25(32)19-14-22(23(30)18-8-3-4-9-20(18)29(33)34)28-12-10-16(13-21(19)28)24(31)27-15-17-7-5-6-11-26-17/h3-14H,2,15H2,1H3,(H,27,31). The molecule has 4 aromatic rings. The number of nitro groups is 1. The fraction of sp³-hybridized carbons (Fsp3) is 0.120. The lowest BCUT2D eigenvalue weighted by Crippen LogP contribution is -2.23. The number of nitrogens with zero attached hydrogens (tertiary/aromatic N) is 3. The molecule has 0 spiro atoms. The highest BCUT2D eigenvalue weighted by Gasteiger charge is 2.26. The minimum Gasteiger partial charge on any atom is -0.462 e. The van der Waals surface area contributed by atoms with Gasteiger partial charge in [-0.2, -0.15) is 0 Å². The van der Waals surface area contributed by atoms with Gasteiger partial charge in [0.2, 0.25) is 5.78 Å². The molecule has 0 radical (unpaired) electrons. The van der Waals surface area contributed by atoms with Crippen LogP contribution in [0.5, 0.6) is 0 Å². The van der Waals surface area contributed by atoms with Gasteiger partial charge >= 0.3 is 5.97 Å². The molecular weight excluding hydrogens is 452 g/mol. The zero-order chi connectivity index (χ0) is 24.9. The zero-order valence-corrected chi connectivity index (χ0v) is 18.6. The molecule has 0 bridgehead atoms. The minimum atomic E-state index is -0.683. The second-order valence-corrected chi connectivity index (χ2v) is 7.44. The van der Waals surface area contributed by atoms with E-state index in [0.717, 1.165) is 0 Å². The average Bonchev–Trinajstić information content (AvgIpc) is 3.26. The number of carbonyl (C=O) groups is 3. The van der Waals surface area contributed by atoms with Crippen LogP contribution >= 0.6 is 0 Å². The molecule has 0 atom stereocenters. The number of pyridine rings is 2. The number of nitro benzene ring substituents is 1. The van der Waals surface area contributed by atoms with E-state index in [1.807, 2.05) is 6.07 Å². The lowest BCUT2D eigenvalue weighted by atomic mass is 10.1. The predicted octanol–water partition coefficient (Wildman–Crippen LogP) is 3.58. The second-order valence-electron chi connectivity index (χ2n) is 7.44. The molecule has 4 rings (SSSR count). The second kappa shape index (κ2) is 9.96. The highest BCUT2D eigenvalue weighted by Crippen LogP contribution is 2.26. The topological polar surface area (TPSA) is 133 Å². The van der Waals surface area contributed by atoms with Crippen molar-refractivity contribution in [1.82, 2.24) is 14.7 Å². The summed E-state index contributed by atoms with van der Waals surface area (Å²) in [4.78, 5) is 53.6. The molecule has 1 amide bonds. The van der Waals surface area contributed by atoms with Gasteiger partial charge in [-0.3, -0.25) is 24.7 Å². The van der Waals surface area contributed by atoms with Crippen LogP contribution in [0, 0.1) is 10.1 Å². The number of aromatic nitrogens is 2. The summed E-state index contributed by atoms with van der Waals surface area (Å²) < 4.78 is 6.54. The van der Waals surface area contributed by atoms with Crippen molar-refractivity contribution in [2.24, 2.45) is 0 Å². The van der Waals surface area contributed by atoms with Crippen LogP contribution in [0.3, 0.4) is 0 Å². The first kappa shape index (κ1) is 23.3. The Balaban J connectivity index is 1.75. The van der Waals surface area contributed by atoms with E-state index >= 15 is 0 Å². The molecule has 0 fully saturated rings. The Morgan fingerprint density at radius 1 is 1.06 bits per heavy atom. The van der Waals surface area contributed by atoms with Gasteiger partial charge < -0.3 is 14.5 Å². The first-order valence-corrected chi connectivity index (χ1v) is 10.7. The van der Waals surface area contributed by atoms with E-state index in [1.54, 1.807) is 25.3 Å². The number of ketones is 1. The number of para-hydroxylation sites is 1. The number of hydrogen-bond donors (Lipinski definition) is 1. The first-order valence-electron chi connectivity index (χ1n) is 10.7. The molecule has 176 valence electrons. The molecule has 0 aliphatic rings. The zero-order valence-electron chi connectivity index (χ0n) is 18.6. The van der Waals surface area contributed by atoms with Crippen molar-refractivity contribution in [1.29, 1.82) is 0 Å². The number of rotatable bonds is 8. The number of carbonyl (C=O) groups excluding carboxylic acids is 3. The number of nitrogens with one attached hydrogen (secondary N) is 1. The third kappa shape index (κ3) is 4.76. The Kier molecular flexibility index (Phi) is 6.63.